The second-order valence-electron chi connectivity index (χ2n) is 7.11. The molecule has 0 spiro atoms. The summed E-state index contributed by atoms with van der Waals surface area (Å²) in [6.45, 7) is 10.5. The molecule has 2 aromatic rings. The van der Waals surface area contributed by atoms with E-state index in [4.69, 9.17) is 4.52 Å². The van der Waals surface area contributed by atoms with Crippen LogP contribution in [-0.4, -0.2) is 46.7 Å². The van der Waals surface area contributed by atoms with E-state index < -0.39 is 0 Å². The average Bonchev–Trinajstić information content (AvgIpc) is 3.07. The van der Waals surface area contributed by atoms with Crippen LogP contribution in [0.3, 0.4) is 0 Å². The molecule has 1 saturated heterocycles. The van der Waals surface area contributed by atoms with E-state index in [-0.39, 0.29) is 24.0 Å². The summed E-state index contributed by atoms with van der Waals surface area (Å²) in [5, 5.41) is 10.8. The van der Waals surface area contributed by atoms with E-state index in [0.29, 0.717) is 24.3 Å². The molecule has 0 atom stereocenters. The molecule has 28 heavy (non-hydrogen) atoms. The number of aliphatic imine (C=N–C) groups is 1. The van der Waals surface area contributed by atoms with Gasteiger partial charge < -0.3 is 15.2 Å². The second-order valence-corrected chi connectivity index (χ2v) is 7.11. The number of hydrogen-bond donors (Lipinski definition) is 2. The van der Waals surface area contributed by atoms with Gasteiger partial charge in [0, 0.05) is 39.1 Å². The van der Waals surface area contributed by atoms with Crippen molar-refractivity contribution >= 4 is 29.9 Å². The topological polar surface area (TPSA) is 78.6 Å². The lowest BCUT2D eigenvalue weighted by atomic mass is 10.0. The Labute approximate surface area is 184 Å². The van der Waals surface area contributed by atoms with E-state index in [0.717, 1.165) is 45.0 Å². The lowest BCUT2D eigenvalue weighted by molar-refractivity contribution is 0.198. The number of halogens is 1. The summed E-state index contributed by atoms with van der Waals surface area (Å²) < 4.78 is 5.00. The fraction of sp³-hybridized carbons (Fsp3) is 0.550. The highest BCUT2D eigenvalue weighted by Crippen LogP contribution is 2.14. The molecule has 0 saturated carbocycles. The number of aryl methyl sites for hydroxylation is 2. The lowest BCUT2D eigenvalue weighted by Gasteiger charge is -2.33. The molecule has 8 heteroatoms. The van der Waals surface area contributed by atoms with Crippen molar-refractivity contribution in [2.45, 2.75) is 52.7 Å². The fourth-order valence-corrected chi connectivity index (χ4v) is 3.37. The normalized spacial score (nSPS) is 15.9. The van der Waals surface area contributed by atoms with Crippen molar-refractivity contribution in [3.8, 4) is 0 Å². The van der Waals surface area contributed by atoms with Crippen molar-refractivity contribution in [2.75, 3.05) is 19.6 Å². The molecule has 154 valence electrons. The van der Waals surface area contributed by atoms with Gasteiger partial charge in [0.15, 0.2) is 11.8 Å². The first-order valence-corrected chi connectivity index (χ1v) is 9.74. The molecule has 1 fully saturated rings. The Morgan fingerprint density at radius 2 is 2.07 bits per heavy atom. The van der Waals surface area contributed by atoms with Gasteiger partial charge in [-0.1, -0.05) is 35.0 Å². The van der Waals surface area contributed by atoms with E-state index >= 15 is 0 Å². The van der Waals surface area contributed by atoms with Crippen LogP contribution in [-0.2, 0) is 13.1 Å². The molecule has 0 amide bonds. The van der Waals surface area contributed by atoms with Gasteiger partial charge in [0.25, 0.3) is 0 Å². The van der Waals surface area contributed by atoms with E-state index in [1.165, 1.54) is 11.1 Å². The number of aromatic nitrogens is 2. The minimum atomic E-state index is 0. The predicted molar refractivity (Wildman–Crippen MR) is 122 cm³/mol. The maximum atomic E-state index is 5.00. The van der Waals surface area contributed by atoms with Gasteiger partial charge in [-0.2, -0.15) is 4.98 Å². The number of likely N-dealkylation sites (tertiary alicyclic amines) is 1. The second kappa shape index (κ2) is 11.4. The summed E-state index contributed by atoms with van der Waals surface area (Å²) in [5.74, 6) is 1.99. The third-order valence-corrected chi connectivity index (χ3v) is 4.71. The SMILES string of the molecule is CCNC(=NCc1noc(C)n1)NC1CCN(Cc2cccc(C)c2)CC1.I. The monoisotopic (exact) mass is 498 g/mol. The molecular formula is C20H31IN6O. The van der Waals surface area contributed by atoms with Gasteiger partial charge in [0.05, 0.1) is 0 Å². The zero-order chi connectivity index (χ0) is 19.1. The quantitative estimate of drug-likeness (QED) is 0.362. The third kappa shape index (κ3) is 7.05. The van der Waals surface area contributed by atoms with Gasteiger partial charge in [-0.05, 0) is 32.3 Å². The van der Waals surface area contributed by atoms with Crippen molar-refractivity contribution < 1.29 is 4.52 Å². The number of nitrogens with one attached hydrogen (secondary N) is 2. The smallest absolute Gasteiger partial charge is 0.223 e. The van der Waals surface area contributed by atoms with Crippen LogP contribution >= 0.6 is 24.0 Å². The minimum Gasteiger partial charge on any atom is -0.357 e. The Bertz CT molecular complexity index is 755. The summed E-state index contributed by atoms with van der Waals surface area (Å²) >= 11 is 0. The highest BCUT2D eigenvalue weighted by atomic mass is 127. The highest BCUT2D eigenvalue weighted by molar-refractivity contribution is 14.0. The van der Waals surface area contributed by atoms with Gasteiger partial charge in [-0.3, -0.25) is 4.90 Å². The van der Waals surface area contributed by atoms with Crippen molar-refractivity contribution in [3.05, 3.63) is 47.1 Å². The maximum absolute atomic E-state index is 5.00. The van der Waals surface area contributed by atoms with Crippen LogP contribution in [0.2, 0.25) is 0 Å². The standard InChI is InChI=1S/C20H30N6O.HI/c1-4-21-20(22-13-19-23-16(3)27-25-19)24-18-8-10-26(11-9-18)14-17-7-5-6-15(2)12-17;/h5-7,12,18H,4,8-11,13-14H2,1-3H3,(H2,21,22,24);1H. The third-order valence-electron chi connectivity index (χ3n) is 4.71. The number of piperidine rings is 1. The summed E-state index contributed by atoms with van der Waals surface area (Å²) in [6.07, 6.45) is 2.22. The van der Waals surface area contributed by atoms with Gasteiger partial charge in [0.1, 0.15) is 6.54 Å². The average molecular weight is 498 g/mol. The summed E-state index contributed by atoms with van der Waals surface area (Å²) in [5.41, 5.74) is 2.72. The first-order chi connectivity index (χ1) is 13.1. The van der Waals surface area contributed by atoms with Crippen LogP contribution in [0.4, 0.5) is 0 Å². The Kier molecular flexibility index (Phi) is 9.17. The van der Waals surface area contributed by atoms with Crippen LogP contribution in [0.1, 0.15) is 42.6 Å². The van der Waals surface area contributed by atoms with Crippen LogP contribution in [0.5, 0.6) is 0 Å². The Balaban J connectivity index is 0.00000280. The van der Waals surface area contributed by atoms with Crippen LogP contribution in [0.25, 0.3) is 0 Å². The van der Waals surface area contributed by atoms with Gasteiger partial charge in [-0.15, -0.1) is 24.0 Å². The van der Waals surface area contributed by atoms with E-state index in [1.807, 2.05) is 0 Å². The van der Waals surface area contributed by atoms with E-state index in [2.05, 4.69) is 68.8 Å². The first kappa shape index (κ1) is 22.6. The molecule has 1 aromatic carbocycles. The maximum Gasteiger partial charge on any atom is 0.223 e. The predicted octanol–water partition coefficient (Wildman–Crippen LogP) is 3.02. The molecule has 0 radical (unpaired) electrons. The van der Waals surface area contributed by atoms with E-state index in [9.17, 15) is 0 Å². The van der Waals surface area contributed by atoms with Crippen molar-refractivity contribution in [1.82, 2.24) is 25.7 Å². The highest BCUT2D eigenvalue weighted by Gasteiger charge is 2.20. The molecule has 2 heterocycles. The van der Waals surface area contributed by atoms with Gasteiger partial charge in [0.2, 0.25) is 5.89 Å². The van der Waals surface area contributed by atoms with Crippen LogP contribution in [0.15, 0.2) is 33.8 Å². The van der Waals surface area contributed by atoms with Crippen molar-refractivity contribution in [1.29, 1.82) is 0 Å². The molecule has 0 unspecified atom stereocenters. The Hall–Kier alpha value is -1.68. The van der Waals surface area contributed by atoms with Crippen molar-refractivity contribution in [3.63, 3.8) is 0 Å². The molecule has 1 aliphatic rings. The number of nitrogens with zero attached hydrogens (tertiary/aromatic N) is 4. The fourth-order valence-electron chi connectivity index (χ4n) is 3.37. The molecule has 2 N–H and O–H groups in total. The minimum absolute atomic E-state index is 0. The molecule has 0 aliphatic carbocycles. The summed E-state index contributed by atoms with van der Waals surface area (Å²) in [4.78, 5) is 11.3. The van der Waals surface area contributed by atoms with Gasteiger partial charge in [-0.25, -0.2) is 4.99 Å². The van der Waals surface area contributed by atoms with Crippen LogP contribution in [0, 0.1) is 13.8 Å². The van der Waals surface area contributed by atoms with Crippen molar-refractivity contribution in [2.24, 2.45) is 4.99 Å². The van der Waals surface area contributed by atoms with Crippen LogP contribution < -0.4 is 10.6 Å². The number of rotatable bonds is 6. The van der Waals surface area contributed by atoms with E-state index in [1.54, 1.807) is 6.92 Å². The molecule has 1 aromatic heterocycles. The summed E-state index contributed by atoms with van der Waals surface area (Å²) in [6, 6.07) is 9.22. The molecule has 7 nitrogen and oxygen atoms in total. The largest absolute Gasteiger partial charge is 0.357 e. The molecule has 1 aliphatic heterocycles. The zero-order valence-corrected chi connectivity index (χ0v) is 19.3. The number of hydrogen-bond acceptors (Lipinski definition) is 5. The Morgan fingerprint density at radius 1 is 1.29 bits per heavy atom. The molecule has 3 rings (SSSR count). The first-order valence-electron chi connectivity index (χ1n) is 9.74. The zero-order valence-electron chi connectivity index (χ0n) is 16.9. The van der Waals surface area contributed by atoms with Gasteiger partial charge >= 0.3 is 0 Å². The molecule has 0 bridgehead atoms. The summed E-state index contributed by atoms with van der Waals surface area (Å²) in [7, 11) is 0. The lowest BCUT2D eigenvalue weighted by Crippen LogP contribution is -2.48. The number of benzene rings is 1. The molecular weight excluding hydrogens is 467 g/mol. The number of guanidine groups is 1. The Morgan fingerprint density at radius 3 is 2.71 bits per heavy atom.